The van der Waals surface area contributed by atoms with E-state index in [9.17, 15) is 4.79 Å². The zero-order valence-corrected chi connectivity index (χ0v) is 13.4. The van der Waals surface area contributed by atoms with Crippen LogP contribution in [0.3, 0.4) is 0 Å². The van der Waals surface area contributed by atoms with Gasteiger partial charge in [0, 0.05) is 36.9 Å². The monoisotopic (exact) mass is 289 g/mol. The zero-order chi connectivity index (χ0) is 15.4. The second-order valence-corrected chi connectivity index (χ2v) is 6.34. The number of amides is 1. The summed E-state index contributed by atoms with van der Waals surface area (Å²) in [6, 6.07) is 6.20. The van der Waals surface area contributed by atoms with E-state index < -0.39 is 0 Å². The highest BCUT2D eigenvalue weighted by Gasteiger charge is 2.23. The second kappa shape index (κ2) is 6.94. The maximum absolute atomic E-state index is 12.1. The van der Waals surface area contributed by atoms with Gasteiger partial charge in [-0.3, -0.25) is 9.69 Å². The Labute approximate surface area is 127 Å². The number of hydrogen-bond donors (Lipinski definition) is 2. The number of hydrogen-bond acceptors (Lipinski definition) is 3. The summed E-state index contributed by atoms with van der Waals surface area (Å²) in [6.45, 7) is 8.41. The Hall–Kier alpha value is -1.55. The summed E-state index contributed by atoms with van der Waals surface area (Å²) >= 11 is 0. The number of carbonyl (C=O) groups excluding carboxylic acids is 1. The first kappa shape index (κ1) is 15.8. The molecule has 1 aromatic rings. The maximum atomic E-state index is 12.1. The fourth-order valence-electron chi connectivity index (χ4n) is 2.94. The average molecular weight is 289 g/mol. The predicted octanol–water partition coefficient (Wildman–Crippen LogP) is 3.03. The van der Waals surface area contributed by atoms with Gasteiger partial charge in [0.25, 0.3) is 0 Å². The van der Waals surface area contributed by atoms with Crippen LogP contribution in [0.25, 0.3) is 0 Å². The van der Waals surface area contributed by atoms with Crippen LogP contribution in [0.1, 0.15) is 38.7 Å². The van der Waals surface area contributed by atoms with Crippen molar-refractivity contribution in [2.45, 2.75) is 46.1 Å². The molecule has 0 aromatic heterocycles. The highest BCUT2D eigenvalue weighted by Crippen LogP contribution is 2.22. The van der Waals surface area contributed by atoms with Crippen LogP contribution in [0.5, 0.6) is 0 Å². The van der Waals surface area contributed by atoms with E-state index in [1.54, 1.807) is 0 Å². The molecule has 1 fully saturated rings. The summed E-state index contributed by atoms with van der Waals surface area (Å²) in [5.41, 5.74) is 8.33. The molecule has 4 nitrogen and oxygen atoms in total. The van der Waals surface area contributed by atoms with E-state index in [1.807, 2.05) is 25.1 Å². The number of likely N-dealkylation sites (tertiary alicyclic amines) is 1. The minimum absolute atomic E-state index is 0.0640. The quantitative estimate of drug-likeness (QED) is 0.838. The van der Waals surface area contributed by atoms with Crippen LogP contribution in [0.4, 0.5) is 11.4 Å². The van der Waals surface area contributed by atoms with Gasteiger partial charge in [-0.1, -0.05) is 13.0 Å². The molecule has 0 saturated carbocycles. The van der Waals surface area contributed by atoms with Crippen molar-refractivity contribution in [2.75, 3.05) is 24.1 Å². The van der Waals surface area contributed by atoms with Crippen molar-refractivity contribution in [3.8, 4) is 0 Å². The normalized spacial score (nSPS) is 23.0. The lowest BCUT2D eigenvalue weighted by Gasteiger charge is -2.36. The molecule has 1 aliphatic heterocycles. The highest BCUT2D eigenvalue weighted by atomic mass is 16.1. The summed E-state index contributed by atoms with van der Waals surface area (Å²) in [4.78, 5) is 14.6. The number of nitrogens with one attached hydrogen (secondary N) is 1. The van der Waals surface area contributed by atoms with Gasteiger partial charge in [-0.2, -0.15) is 0 Å². The summed E-state index contributed by atoms with van der Waals surface area (Å²) in [7, 11) is 0. The van der Waals surface area contributed by atoms with Gasteiger partial charge >= 0.3 is 0 Å². The minimum atomic E-state index is 0.0640. The molecule has 1 amide bonds. The lowest BCUT2D eigenvalue weighted by molar-refractivity contribution is -0.116. The van der Waals surface area contributed by atoms with E-state index in [4.69, 9.17) is 5.73 Å². The molecule has 1 aromatic carbocycles. The molecule has 116 valence electrons. The van der Waals surface area contributed by atoms with Crippen LogP contribution in [0.2, 0.25) is 0 Å². The van der Waals surface area contributed by atoms with Gasteiger partial charge in [-0.15, -0.1) is 0 Å². The number of nitrogens with zero attached hydrogens (tertiary/aromatic N) is 1. The van der Waals surface area contributed by atoms with Gasteiger partial charge in [0.2, 0.25) is 5.91 Å². The van der Waals surface area contributed by atoms with Gasteiger partial charge < -0.3 is 11.1 Å². The molecule has 1 saturated heterocycles. The molecule has 0 radical (unpaired) electrons. The Bertz CT molecular complexity index is 501. The number of rotatable bonds is 4. The SMILES string of the molecule is Cc1c(N)cccc1NC(=O)CCN1CC(C)CCC1C. The number of piperidine rings is 1. The average Bonchev–Trinajstić information content (AvgIpc) is 2.45. The Kier molecular flexibility index (Phi) is 5.23. The van der Waals surface area contributed by atoms with E-state index in [-0.39, 0.29) is 5.91 Å². The second-order valence-electron chi connectivity index (χ2n) is 6.34. The summed E-state index contributed by atoms with van der Waals surface area (Å²) in [6.07, 6.45) is 3.06. The van der Waals surface area contributed by atoms with Crippen molar-refractivity contribution in [1.29, 1.82) is 0 Å². The van der Waals surface area contributed by atoms with Gasteiger partial charge in [-0.05, 0) is 50.3 Å². The first-order chi connectivity index (χ1) is 9.97. The standard InChI is InChI=1S/C17H27N3O/c1-12-7-8-13(2)20(11-12)10-9-17(21)19-16-6-4-5-15(18)14(16)3/h4-6,12-13H,7-11,18H2,1-3H3,(H,19,21). The number of benzene rings is 1. The van der Waals surface area contributed by atoms with Crippen LogP contribution < -0.4 is 11.1 Å². The Balaban J connectivity index is 1.86. The van der Waals surface area contributed by atoms with Gasteiger partial charge in [0.15, 0.2) is 0 Å². The molecule has 1 aliphatic rings. The molecule has 1 heterocycles. The summed E-state index contributed by atoms with van der Waals surface area (Å²) < 4.78 is 0. The first-order valence-corrected chi connectivity index (χ1v) is 7.86. The van der Waals surface area contributed by atoms with Crippen LogP contribution in [0.15, 0.2) is 18.2 Å². The third-order valence-electron chi connectivity index (χ3n) is 4.52. The Morgan fingerprint density at radius 1 is 1.38 bits per heavy atom. The van der Waals surface area contributed by atoms with Crippen molar-refractivity contribution in [3.63, 3.8) is 0 Å². The lowest BCUT2D eigenvalue weighted by atomic mass is 9.95. The van der Waals surface area contributed by atoms with Crippen molar-refractivity contribution < 1.29 is 4.79 Å². The molecule has 2 atom stereocenters. The number of carbonyl (C=O) groups is 1. The predicted molar refractivity (Wildman–Crippen MR) is 88.3 cm³/mol. The molecule has 0 spiro atoms. The highest BCUT2D eigenvalue weighted by molar-refractivity contribution is 5.92. The molecular weight excluding hydrogens is 262 g/mol. The van der Waals surface area contributed by atoms with Crippen LogP contribution in [-0.2, 0) is 4.79 Å². The third kappa shape index (κ3) is 4.21. The molecule has 2 rings (SSSR count). The van der Waals surface area contributed by atoms with Crippen molar-refractivity contribution in [3.05, 3.63) is 23.8 Å². The molecule has 0 aliphatic carbocycles. The Morgan fingerprint density at radius 2 is 2.14 bits per heavy atom. The van der Waals surface area contributed by atoms with Gasteiger partial charge in [0.1, 0.15) is 0 Å². The lowest BCUT2D eigenvalue weighted by Crippen LogP contribution is -2.42. The van der Waals surface area contributed by atoms with Gasteiger partial charge in [-0.25, -0.2) is 0 Å². The van der Waals surface area contributed by atoms with E-state index >= 15 is 0 Å². The minimum Gasteiger partial charge on any atom is -0.398 e. The molecule has 21 heavy (non-hydrogen) atoms. The number of nitrogen functional groups attached to an aromatic ring is 1. The van der Waals surface area contributed by atoms with Crippen LogP contribution in [0, 0.1) is 12.8 Å². The topological polar surface area (TPSA) is 58.4 Å². The van der Waals surface area contributed by atoms with E-state index in [2.05, 4.69) is 24.1 Å². The fourth-order valence-corrected chi connectivity index (χ4v) is 2.94. The van der Waals surface area contributed by atoms with Crippen molar-refractivity contribution in [1.82, 2.24) is 4.90 Å². The van der Waals surface area contributed by atoms with Crippen molar-refractivity contribution in [2.24, 2.45) is 5.92 Å². The smallest absolute Gasteiger partial charge is 0.225 e. The first-order valence-electron chi connectivity index (χ1n) is 7.86. The third-order valence-corrected chi connectivity index (χ3v) is 4.52. The van der Waals surface area contributed by atoms with Crippen LogP contribution in [-0.4, -0.2) is 29.9 Å². The van der Waals surface area contributed by atoms with Gasteiger partial charge in [0.05, 0.1) is 0 Å². The molecule has 0 bridgehead atoms. The van der Waals surface area contributed by atoms with E-state index in [0.717, 1.165) is 30.3 Å². The molecular formula is C17H27N3O. The molecule has 3 N–H and O–H groups in total. The number of anilines is 2. The zero-order valence-electron chi connectivity index (χ0n) is 13.4. The summed E-state index contributed by atoms with van der Waals surface area (Å²) in [5.74, 6) is 0.801. The molecule has 2 unspecified atom stereocenters. The van der Waals surface area contributed by atoms with Crippen molar-refractivity contribution >= 4 is 17.3 Å². The fraction of sp³-hybridized carbons (Fsp3) is 0.588. The maximum Gasteiger partial charge on any atom is 0.225 e. The largest absolute Gasteiger partial charge is 0.398 e. The summed E-state index contributed by atoms with van der Waals surface area (Å²) in [5, 5.41) is 2.97. The van der Waals surface area contributed by atoms with E-state index in [1.165, 1.54) is 12.8 Å². The number of nitrogens with two attached hydrogens (primary N) is 1. The van der Waals surface area contributed by atoms with E-state index in [0.29, 0.717) is 18.2 Å². The van der Waals surface area contributed by atoms with Crippen LogP contribution >= 0.6 is 0 Å². The Morgan fingerprint density at radius 3 is 2.90 bits per heavy atom. The molecule has 4 heteroatoms.